The zero-order valence-corrected chi connectivity index (χ0v) is 11.1. The van der Waals surface area contributed by atoms with E-state index >= 15 is 0 Å². The molecule has 0 fully saturated rings. The van der Waals surface area contributed by atoms with E-state index in [4.69, 9.17) is 5.73 Å². The Hall–Kier alpha value is -1.72. The molecule has 1 unspecified atom stereocenters. The van der Waals surface area contributed by atoms with Crippen molar-refractivity contribution < 1.29 is 9.59 Å². The van der Waals surface area contributed by atoms with E-state index in [0.717, 1.165) is 19.4 Å². The van der Waals surface area contributed by atoms with Crippen molar-refractivity contribution in [2.45, 2.75) is 25.9 Å². The zero-order valence-electron chi connectivity index (χ0n) is 11.1. The van der Waals surface area contributed by atoms with Gasteiger partial charge in [-0.05, 0) is 25.1 Å². The third kappa shape index (κ3) is 2.52. The highest BCUT2D eigenvalue weighted by atomic mass is 16.2. The number of benzene rings is 1. The zero-order chi connectivity index (χ0) is 13.8. The lowest BCUT2D eigenvalue weighted by atomic mass is 10.1. The molecule has 102 valence electrons. The van der Waals surface area contributed by atoms with Crippen LogP contribution in [0.15, 0.2) is 24.3 Å². The van der Waals surface area contributed by atoms with E-state index < -0.39 is 6.17 Å². The second-order valence-electron chi connectivity index (χ2n) is 4.59. The number of carbonyl (C=O) groups is 2. The van der Waals surface area contributed by atoms with E-state index in [-0.39, 0.29) is 18.4 Å². The summed E-state index contributed by atoms with van der Waals surface area (Å²) in [4.78, 5) is 25.7. The van der Waals surface area contributed by atoms with Gasteiger partial charge in [-0.15, -0.1) is 0 Å². The van der Waals surface area contributed by atoms with Crippen molar-refractivity contribution in [3.8, 4) is 0 Å². The van der Waals surface area contributed by atoms with Crippen molar-refractivity contribution in [3.63, 3.8) is 0 Å². The summed E-state index contributed by atoms with van der Waals surface area (Å²) in [6.45, 7) is 3.04. The summed E-state index contributed by atoms with van der Waals surface area (Å²) in [7, 11) is 0. The minimum absolute atomic E-state index is 0.217. The molecule has 0 aliphatic carbocycles. The molecule has 2 rings (SSSR count). The van der Waals surface area contributed by atoms with E-state index in [9.17, 15) is 9.59 Å². The van der Waals surface area contributed by atoms with Gasteiger partial charge in [0.05, 0.1) is 11.1 Å². The SMILES string of the molecule is CCCCNC(CN)N1C(=O)c2ccccc2C1=O. The number of imide groups is 1. The number of unbranched alkanes of at least 4 members (excludes halogenated alkanes) is 1. The van der Waals surface area contributed by atoms with Crippen LogP contribution in [0.25, 0.3) is 0 Å². The van der Waals surface area contributed by atoms with Gasteiger partial charge in [0.25, 0.3) is 11.8 Å². The van der Waals surface area contributed by atoms with Crippen molar-refractivity contribution in [1.82, 2.24) is 10.2 Å². The summed E-state index contributed by atoms with van der Waals surface area (Å²) in [5.41, 5.74) is 6.61. The summed E-state index contributed by atoms with van der Waals surface area (Å²) in [6, 6.07) is 6.87. The van der Waals surface area contributed by atoms with Gasteiger partial charge < -0.3 is 5.73 Å². The van der Waals surface area contributed by atoms with Crippen LogP contribution in [0.1, 0.15) is 40.5 Å². The molecule has 0 saturated heterocycles. The van der Waals surface area contributed by atoms with Crippen LogP contribution in [0.2, 0.25) is 0 Å². The smallest absolute Gasteiger partial charge is 0.262 e. The number of hydrogen-bond acceptors (Lipinski definition) is 4. The molecule has 3 N–H and O–H groups in total. The third-order valence-corrected chi connectivity index (χ3v) is 3.27. The highest BCUT2D eigenvalue weighted by molar-refractivity contribution is 6.21. The normalized spacial score (nSPS) is 15.8. The van der Waals surface area contributed by atoms with Gasteiger partial charge in [0, 0.05) is 6.54 Å². The summed E-state index contributed by atoms with van der Waals surface area (Å²) >= 11 is 0. The molecule has 0 saturated carbocycles. The number of nitrogens with zero attached hydrogens (tertiary/aromatic N) is 1. The van der Waals surface area contributed by atoms with E-state index in [1.807, 2.05) is 0 Å². The van der Waals surface area contributed by atoms with Gasteiger partial charge in [0.1, 0.15) is 6.17 Å². The van der Waals surface area contributed by atoms with E-state index in [1.54, 1.807) is 24.3 Å². The van der Waals surface area contributed by atoms with Gasteiger partial charge in [-0.1, -0.05) is 25.5 Å². The average Bonchev–Trinajstić information content (AvgIpc) is 2.69. The molecule has 1 aliphatic heterocycles. The van der Waals surface area contributed by atoms with Crippen LogP contribution < -0.4 is 11.1 Å². The minimum atomic E-state index is -0.432. The molecule has 0 spiro atoms. The van der Waals surface area contributed by atoms with Gasteiger partial charge in [0.15, 0.2) is 0 Å². The van der Waals surface area contributed by atoms with E-state index in [0.29, 0.717) is 11.1 Å². The molecule has 0 aromatic heterocycles. The summed E-state index contributed by atoms with van der Waals surface area (Å²) in [5.74, 6) is -0.528. The maximum absolute atomic E-state index is 12.2. The molecule has 5 heteroatoms. The fourth-order valence-corrected chi connectivity index (χ4v) is 2.22. The van der Waals surface area contributed by atoms with Gasteiger partial charge >= 0.3 is 0 Å². The number of amides is 2. The van der Waals surface area contributed by atoms with Crippen molar-refractivity contribution in [3.05, 3.63) is 35.4 Å². The maximum Gasteiger partial charge on any atom is 0.262 e. The number of carbonyl (C=O) groups excluding carboxylic acids is 2. The molecular formula is C14H19N3O2. The lowest BCUT2D eigenvalue weighted by molar-refractivity contribution is 0.0560. The Kier molecular flexibility index (Phi) is 4.29. The molecule has 0 bridgehead atoms. The summed E-state index contributed by atoms with van der Waals surface area (Å²) in [5, 5.41) is 3.17. The van der Waals surface area contributed by atoms with Crippen LogP contribution in [0.3, 0.4) is 0 Å². The quantitative estimate of drug-likeness (QED) is 0.590. The second-order valence-corrected chi connectivity index (χ2v) is 4.59. The molecule has 2 amide bonds. The number of hydrogen-bond donors (Lipinski definition) is 2. The average molecular weight is 261 g/mol. The van der Waals surface area contributed by atoms with Gasteiger partial charge in [-0.3, -0.25) is 19.8 Å². The van der Waals surface area contributed by atoms with Crippen molar-refractivity contribution >= 4 is 11.8 Å². The van der Waals surface area contributed by atoms with Crippen molar-refractivity contribution in [1.29, 1.82) is 0 Å². The van der Waals surface area contributed by atoms with Crippen LogP contribution in [0.5, 0.6) is 0 Å². The monoisotopic (exact) mass is 261 g/mol. The van der Waals surface area contributed by atoms with Crippen LogP contribution in [-0.2, 0) is 0 Å². The van der Waals surface area contributed by atoms with E-state index in [2.05, 4.69) is 12.2 Å². The molecule has 5 nitrogen and oxygen atoms in total. The van der Waals surface area contributed by atoms with Crippen molar-refractivity contribution in [2.24, 2.45) is 5.73 Å². The first-order chi connectivity index (χ1) is 9.20. The Bertz CT molecular complexity index is 452. The molecule has 19 heavy (non-hydrogen) atoms. The third-order valence-electron chi connectivity index (χ3n) is 3.27. The Morgan fingerprint density at radius 1 is 1.21 bits per heavy atom. The van der Waals surface area contributed by atoms with E-state index in [1.165, 1.54) is 4.90 Å². The Balaban J connectivity index is 2.17. The number of nitrogens with two attached hydrogens (primary N) is 1. The fourth-order valence-electron chi connectivity index (χ4n) is 2.22. The van der Waals surface area contributed by atoms with Crippen LogP contribution in [0, 0.1) is 0 Å². The predicted molar refractivity (Wildman–Crippen MR) is 72.7 cm³/mol. The van der Waals surface area contributed by atoms with Gasteiger partial charge in [0.2, 0.25) is 0 Å². The van der Waals surface area contributed by atoms with Gasteiger partial charge in [-0.25, -0.2) is 0 Å². The number of rotatable bonds is 6. The molecule has 1 aromatic carbocycles. The Morgan fingerprint density at radius 2 is 1.79 bits per heavy atom. The van der Waals surface area contributed by atoms with Gasteiger partial charge in [-0.2, -0.15) is 0 Å². The molecule has 1 aromatic rings. The van der Waals surface area contributed by atoms with Crippen LogP contribution in [0.4, 0.5) is 0 Å². The first kappa shape index (κ1) is 13.7. The van der Waals surface area contributed by atoms with Crippen LogP contribution >= 0.6 is 0 Å². The second kappa shape index (κ2) is 5.95. The highest BCUT2D eigenvalue weighted by Crippen LogP contribution is 2.23. The summed E-state index contributed by atoms with van der Waals surface area (Å²) in [6.07, 6.45) is 1.60. The predicted octanol–water partition coefficient (Wildman–Crippen LogP) is 0.957. The Labute approximate surface area is 112 Å². The lowest BCUT2D eigenvalue weighted by Crippen LogP contribution is -2.53. The molecular weight excluding hydrogens is 242 g/mol. The number of fused-ring (bicyclic) bond motifs is 1. The first-order valence-corrected chi connectivity index (χ1v) is 6.61. The molecule has 1 heterocycles. The minimum Gasteiger partial charge on any atom is -0.327 e. The standard InChI is InChI=1S/C14H19N3O2/c1-2-3-8-16-12(9-15)17-13(18)10-6-4-5-7-11(10)14(17)19/h4-7,12,16H,2-3,8-9,15H2,1H3. The topological polar surface area (TPSA) is 75.4 Å². The largest absolute Gasteiger partial charge is 0.327 e. The number of nitrogens with one attached hydrogen (secondary N) is 1. The first-order valence-electron chi connectivity index (χ1n) is 6.61. The molecule has 1 atom stereocenters. The highest BCUT2D eigenvalue weighted by Gasteiger charge is 2.38. The summed E-state index contributed by atoms with van der Waals surface area (Å²) < 4.78 is 0. The maximum atomic E-state index is 12.2. The van der Waals surface area contributed by atoms with Crippen molar-refractivity contribution in [2.75, 3.05) is 13.1 Å². The fraction of sp³-hybridized carbons (Fsp3) is 0.429. The lowest BCUT2D eigenvalue weighted by Gasteiger charge is -2.25. The van der Waals surface area contributed by atoms with Crippen LogP contribution in [-0.4, -0.2) is 36.0 Å². The molecule has 0 radical (unpaired) electrons. The Morgan fingerprint density at radius 3 is 2.26 bits per heavy atom. The molecule has 1 aliphatic rings.